The lowest BCUT2D eigenvalue weighted by atomic mass is 10.1. The van der Waals surface area contributed by atoms with E-state index in [0.29, 0.717) is 6.42 Å². The van der Waals surface area contributed by atoms with Gasteiger partial charge < -0.3 is 15.0 Å². The zero-order chi connectivity index (χ0) is 23.2. The van der Waals surface area contributed by atoms with E-state index in [-0.39, 0.29) is 5.91 Å². The molecular weight excluding hydrogens is 390 g/mol. The molecule has 0 aliphatic heterocycles. The third kappa shape index (κ3) is 7.39. The van der Waals surface area contributed by atoms with Crippen molar-refractivity contribution < 1.29 is 14.3 Å². The van der Waals surface area contributed by atoms with Crippen LogP contribution in [0.5, 0.6) is 0 Å². The van der Waals surface area contributed by atoms with Crippen molar-refractivity contribution in [3.63, 3.8) is 0 Å². The maximum Gasteiger partial charge on any atom is 0.408 e. The van der Waals surface area contributed by atoms with Crippen LogP contribution in [0.1, 0.15) is 69.3 Å². The summed E-state index contributed by atoms with van der Waals surface area (Å²) in [5, 5.41) is 3.92. The van der Waals surface area contributed by atoms with Gasteiger partial charge in [0, 0.05) is 18.1 Å². The summed E-state index contributed by atoms with van der Waals surface area (Å²) < 4.78 is 7.13. The Morgan fingerprint density at radius 3 is 2.52 bits per heavy atom. The first kappa shape index (κ1) is 24.9. The van der Waals surface area contributed by atoms with E-state index >= 15 is 0 Å². The Kier molecular flexibility index (Phi) is 8.69. The van der Waals surface area contributed by atoms with Gasteiger partial charge in [-0.2, -0.15) is 0 Å². The minimum absolute atomic E-state index is 0.119. The highest BCUT2D eigenvalue weighted by molar-refractivity contribution is 5.98. The standard InChI is InChI=1S/C25H39N3O3/c1-8-9-10-11-21(26-24(30)31-25(3,4)5)23(29)28-17-19(14-15-27(6)7)20-16-18(2)12-13-22(20)28/h12-13,16-17,21H,8-11,14-15H2,1-7H3,(H,26,30). The highest BCUT2D eigenvalue weighted by atomic mass is 16.6. The molecule has 0 radical (unpaired) electrons. The highest BCUT2D eigenvalue weighted by Crippen LogP contribution is 2.24. The first-order chi connectivity index (χ1) is 14.5. The number of nitrogens with one attached hydrogen (secondary N) is 1. The van der Waals surface area contributed by atoms with E-state index in [0.717, 1.165) is 54.3 Å². The van der Waals surface area contributed by atoms with Crippen LogP contribution in [0, 0.1) is 6.92 Å². The molecular formula is C25H39N3O3. The summed E-state index contributed by atoms with van der Waals surface area (Å²) in [4.78, 5) is 28.1. The van der Waals surface area contributed by atoms with Crippen molar-refractivity contribution in [3.8, 4) is 0 Å². The number of fused-ring (bicyclic) bond motifs is 1. The molecule has 0 saturated carbocycles. The smallest absolute Gasteiger partial charge is 0.408 e. The number of hydrogen-bond donors (Lipinski definition) is 1. The van der Waals surface area contributed by atoms with E-state index in [2.05, 4.69) is 30.1 Å². The number of benzene rings is 1. The molecule has 1 heterocycles. The Hall–Kier alpha value is -2.34. The van der Waals surface area contributed by atoms with Gasteiger partial charge in [-0.05, 0) is 72.3 Å². The quantitative estimate of drug-likeness (QED) is 0.559. The second-order valence-corrected chi connectivity index (χ2v) is 9.63. The third-order valence-electron chi connectivity index (χ3n) is 5.19. The first-order valence-corrected chi connectivity index (χ1v) is 11.3. The second kappa shape index (κ2) is 10.8. The Balaban J connectivity index is 2.36. The number of amides is 1. The van der Waals surface area contributed by atoms with Crippen LogP contribution in [0.25, 0.3) is 10.9 Å². The molecule has 6 nitrogen and oxygen atoms in total. The summed E-state index contributed by atoms with van der Waals surface area (Å²) in [6.45, 7) is 10.5. The van der Waals surface area contributed by atoms with Crippen LogP contribution >= 0.6 is 0 Å². The van der Waals surface area contributed by atoms with Gasteiger partial charge in [0.1, 0.15) is 11.6 Å². The molecule has 0 fully saturated rings. The number of aromatic nitrogens is 1. The largest absolute Gasteiger partial charge is 0.444 e. The Bertz CT molecular complexity index is 893. The molecule has 1 N–H and O–H groups in total. The van der Waals surface area contributed by atoms with Gasteiger partial charge in [-0.15, -0.1) is 0 Å². The monoisotopic (exact) mass is 429 g/mol. The van der Waals surface area contributed by atoms with E-state index in [9.17, 15) is 9.59 Å². The van der Waals surface area contributed by atoms with E-state index < -0.39 is 17.7 Å². The molecule has 1 aromatic carbocycles. The maximum atomic E-state index is 13.6. The maximum absolute atomic E-state index is 13.6. The van der Waals surface area contributed by atoms with E-state index in [1.54, 1.807) is 4.57 Å². The molecule has 1 unspecified atom stereocenters. The zero-order valence-electron chi connectivity index (χ0n) is 20.2. The molecule has 0 spiro atoms. The highest BCUT2D eigenvalue weighted by Gasteiger charge is 2.26. The first-order valence-electron chi connectivity index (χ1n) is 11.3. The number of carbonyl (C=O) groups excluding carboxylic acids is 2. The minimum Gasteiger partial charge on any atom is -0.444 e. The predicted molar refractivity (Wildman–Crippen MR) is 127 cm³/mol. The van der Waals surface area contributed by atoms with Crippen molar-refractivity contribution in [1.29, 1.82) is 0 Å². The number of ether oxygens (including phenoxy) is 1. The van der Waals surface area contributed by atoms with Crippen LogP contribution in [-0.4, -0.2) is 53.8 Å². The number of hydrogen-bond acceptors (Lipinski definition) is 4. The molecule has 0 saturated heterocycles. The van der Waals surface area contributed by atoms with Crippen molar-refractivity contribution in [3.05, 3.63) is 35.5 Å². The average molecular weight is 430 g/mol. The molecule has 0 bridgehead atoms. The predicted octanol–water partition coefficient (Wildman–Crippen LogP) is 5.17. The van der Waals surface area contributed by atoms with Gasteiger partial charge in [0.15, 0.2) is 0 Å². The lowest BCUT2D eigenvalue weighted by Gasteiger charge is -2.23. The fourth-order valence-electron chi connectivity index (χ4n) is 3.61. The number of rotatable bonds is 9. The molecule has 1 aromatic heterocycles. The Morgan fingerprint density at radius 1 is 1.19 bits per heavy atom. The SMILES string of the molecule is CCCCCC(NC(=O)OC(C)(C)C)C(=O)n1cc(CCN(C)C)c2cc(C)ccc21. The van der Waals surface area contributed by atoms with Gasteiger partial charge in [-0.3, -0.25) is 9.36 Å². The molecule has 31 heavy (non-hydrogen) atoms. The molecule has 1 atom stereocenters. The Morgan fingerprint density at radius 2 is 1.90 bits per heavy atom. The number of unbranched alkanes of at least 4 members (excludes halogenated alkanes) is 2. The van der Waals surface area contributed by atoms with Crippen LogP contribution in [0.4, 0.5) is 4.79 Å². The van der Waals surface area contributed by atoms with Crippen LogP contribution in [0.15, 0.2) is 24.4 Å². The molecule has 1 amide bonds. The van der Waals surface area contributed by atoms with Crippen LogP contribution in [0.3, 0.4) is 0 Å². The van der Waals surface area contributed by atoms with Crippen LogP contribution in [-0.2, 0) is 11.2 Å². The third-order valence-corrected chi connectivity index (χ3v) is 5.19. The van der Waals surface area contributed by atoms with Gasteiger partial charge in [0.05, 0.1) is 5.52 Å². The molecule has 0 aliphatic carbocycles. The van der Waals surface area contributed by atoms with Crippen LogP contribution < -0.4 is 5.32 Å². The van der Waals surface area contributed by atoms with Crippen molar-refractivity contribution in [2.75, 3.05) is 20.6 Å². The molecule has 2 rings (SSSR count). The summed E-state index contributed by atoms with van der Waals surface area (Å²) in [6, 6.07) is 5.53. The fourth-order valence-corrected chi connectivity index (χ4v) is 3.61. The number of nitrogens with zero attached hydrogens (tertiary/aromatic N) is 2. The van der Waals surface area contributed by atoms with Crippen molar-refractivity contribution in [2.24, 2.45) is 0 Å². The summed E-state index contributed by atoms with van der Waals surface area (Å²) in [7, 11) is 4.09. The Labute approximate surface area is 186 Å². The van der Waals surface area contributed by atoms with E-state index in [4.69, 9.17) is 4.74 Å². The topological polar surface area (TPSA) is 63.6 Å². The summed E-state index contributed by atoms with van der Waals surface area (Å²) in [5.41, 5.74) is 2.58. The van der Waals surface area contributed by atoms with Crippen molar-refractivity contribution >= 4 is 22.9 Å². The van der Waals surface area contributed by atoms with Gasteiger partial charge >= 0.3 is 6.09 Å². The van der Waals surface area contributed by atoms with Gasteiger partial charge in [-0.1, -0.05) is 37.8 Å². The minimum atomic E-state index is -0.625. The van der Waals surface area contributed by atoms with Gasteiger partial charge in [0.25, 0.3) is 5.91 Å². The number of aryl methyl sites for hydroxylation is 1. The number of carbonyl (C=O) groups is 2. The summed E-state index contributed by atoms with van der Waals surface area (Å²) in [6.07, 6.45) is 5.77. The fraction of sp³-hybridized carbons (Fsp3) is 0.600. The number of likely N-dealkylation sites (N-methyl/N-ethyl adjacent to an activating group) is 1. The van der Waals surface area contributed by atoms with E-state index in [1.165, 1.54) is 0 Å². The molecule has 2 aromatic rings. The molecule has 0 aliphatic rings. The average Bonchev–Trinajstić information content (AvgIpc) is 3.01. The summed E-state index contributed by atoms with van der Waals surface area (Å²) in [5.74, 6) is -0.119. The van der Waals surface area contributed by atoms with Crippen LogP contribution in [0.2, 0.25) is 0 Å². The van der Waals surface area contributed by atoms with Gasteiger partial charge in [0.2, 0.25) is 0 Å². The molecule has 6 heteroatoms. The van der Waals surface area contributed by atoms with Crippen molar-refractivity contribution in [1.82, 2.24) is 14.8 Å². The lowest BCUT2D eigenvalue weighted by Crippen LogP contribution is -2.45. The zero-order valence-corrected chi connectivity index (χ0v) is 20.2. The second-order valence-electron chi connectivity index (χ2n) is 9.63. The number of alkyl carbamates (subject to hydrolysis) is 1. The lowest BCUT2D eigenvalue weighted by molar-refractivity contribution is 0.0479. The normalized spacial score (nSPS) is 12.9. The van der Waals surface area contributed by atoms with Gasteiger partial charge in [-0.25, -0.2) is 4.79 Å². The summed E-state index contributed by atoms with van der Waals surface area (Å²) >= 11 is 0. The molecule has 172 valence electrons. The van der Waals surface area contributed by atoms with Crippen molar-refractivity contribution in [2.45, 2.75) is 78.4 Å². The van der Waals surface area contributed by atoms with E-state index in [1.807, 2.05) is 53.2 Å².